The summed E-state index contributed by atoms with van der Waals surface area (Å²) in [5.41, 5.74) is 5.02. The molecule has 0 saturated heterocycles. The normalized spacial score (nSPS) is 13.4. The molecule has 3 N–H and O–H groups in total. The van der Waals surface area contributed by atoms with Crippen molar-refractivity contribution in [2.45, 2.75) is 23.7 Å². The summed E-state index contributed by atoms with van der Waals surface area (Å²) >= 11 is 1.42. The number of thiazole rings is 1. The lowest BCUT2D eigenvalue weighted by atomic mass is 10.1. The highest BCUT2D eigenvalue weighted by Crippen LogP contribution is 2.42. The number of H-pyrrole nitrogens is 1. The molecule has 3 aromatic heterocycles. The fourth-order valence-electron chi connectivity index (χ4n) is 4.27. The van der Waals surface area contributed by atoms with E-state index in [4.69, 9.17) is 18.7 Å². The number of rotatable bonds is 10. The van der Waals surface area contributed by atoms with E-state index in [9.17, 15) is 8.42 Å². The first-order chi connectivity index (χ1) is 18.9. The smallest absolute Gasteiger partial charge is 0.270 e. The molecule has 0 radical (unpaired) electrons. The van der Waals surface area contributed by atoms with Gasteiger partial charge in [-0.05, 0) is 31.0 Å². The predicted molar refractivity (Wildman–Crippen MR) is 146 cm³/mol. The zero-order valence-corrected chi connectivity index (χ0v) is 22.8. The van der Waals surface area contributed by atoms with Gasteiger partial charge in [-0.2, -0.15) is 5.10 Å². The topological polar surface area (TPSA) is 153 Å². The number of nitrogens with zero attached hydrogens (tertiary/aromatic N) is 3. The molecule has 14 heteroatoms. The third-order valence-electron chi connectivity index (χ3n) is 6.36. The average molecular weight is 569 g/mol. The SMILES string of the molecule is COc1cc2c(NS(=O)(=O)c3c(OC)cc(-c4cscn4)cc3OC)noc2cc1Nc1cc(C2CC2)[nH]n1. The van der Waals surface area contributed by atoms with Crippen molar-refractivity contribution in [2.24, 2.45) is 0 Å². The van der Waals surface area contributed by atoms with Gasteiger partial charge in [-0.25, -0.2) is 13.4 Å². The van der Waals surface area contributed by atoms with Crippen molar-refractivity contribution in [1.29, 1.82) is 0 Å². The first-order valence-corrected chi connectivity index (χ1v) is 14.3. The molecule has 39 heavy (non-hydrogen) atoms. The van der Waals surface area contributed by atoms with E-state index in [-0.39, 0.29) is 22.2 Å². The molecule has 1 aliphatic carbocycles. The van der Waals surface area contributed by atoms with Gasteiger partial charge >= 0.3 is 0 Å². The van der Waals surface area contributed by atoms with Crippen LogP contribution in [-0.4, -0.2) is 50.1 Å². The van der Waals surface area contributed by atoms with Gasteiger partial charge in [-0.1, -0.05) is 5.16 Å². The maximum absolute atomic E-state index is 13.6. The monoisotopic (exact) mass is 568 g/mol. The van der Waals surface area contributed by atoms with Gasteiger partial charge in [0.15, 0.2) is 22.1 Å². The Labute approximate surface area is 227 Å². The van der Waals surface area contributed by atoms with Gasteiger partial charge in [0.05, 0.1) is 43.6 Å². The van der Waals surface area contributed by atoms with E-state index in [0.29, 0.717) is 45.4 Å². The van der Waals surface area contributed by atoms with Crippen LogP contribution in [0.2, 0.25) is 0 Å². The summed E-state index contributed by atoms with van der Waals surface area (Å²) in [7, 11) is 0.0537. The Morgan fingerprint density at radius 1 is 1.03 bits per heavy atom. The Morgan fingerprint density at radius 2 is 1.77 bits per heavy atom. The van der Waals surface area contributed by atoms with Gasteiger partial charge < -0.3 is 24.1 Å². The van der Waals surface area contributed by atoms with Gasteiger partial charge in [-0.3, -0.25) is 9.82 Å². The molecule has 5 aromatic rings. The van der Waals surface area contributed by atoms with E-state index in [0.717, 1.165) is 18.5 Å². The van der Waals surface area contributed by atoms with Crippen LogP contribution in [0.3, 0.4) is 0 Å². The lowest BCUT2D eigenvalue weighted by Crippen LogP contribution is -2.16. The third-order valence-corrected chi connectivity index (χ3v) is 8.35. The molecule has 2 aromatic carbocycles. The minimum Gasteiger partial charge on any atom is -0.495 e. The van der Waals surface area contributed by atoms with E-state index in [1.54, 1.807) is 29.8 Å². The van der Waals surface area contributed by atoms with Crippen LogP contribution in [0.1, 0.15) is 24.5 Å². The number of methoxy groups -OCH3 is 3. The zero-order chi connectivity index (χ0) is 27.1. The summed E-state index contributed by atoms with van der Waals surface area (Å²) in [5.74, 6) is 1.78. The van der Waals surface area contributed by atoms with Gasteiger partial charge in [0, 0.05) is 34.7 Å². The molecule has 6 rings (SSSR count). The Bertz CT molecular complexity index is 1730. The quantitative estimate of drug-likeness (QED) is 0.207. The van der Waals surface area contributed by atoms with Crippen LogP contribution < -0.4 is 24.2 Å². The minimum absolute atomic E-state index is 0.0154. The van der Waals surface area contributed by atoms with Crippen molar-refractivity contribution < 1.29 is 27.2 Å². The number of sulfonamides is 1. The van der Waals surface area contributed by atoms with Crippen LogP contribution >= 0.6 is 11.3 Å². The van der Waals surface area contributed by atoms with Gasteiger partial charge in [-0.15, -0.1) is 11.3 Å². The standard InChI is InChI=1S/C25H24N6O6S2/c1-34-20-8-15-19(9-17(20)27-23-10-16(28-29-23)13-4-5-13)37-30-25(15)31-39(32,33)24-21(35-2)6-14(7-22(24)36-3)18-11-38-12-26-18/h6-13H,4-5H2,1-3H3,(H,30,31)(H2,27,28,29). The molecule has 1 aliphatic rings. The fourth-order valence-corrected chi connectivity index (χ4v) is 6.15. The molecule has 0 spiro atoms. The van der Waals surface area contributed by atoms with Gasteiger partial charge in [0.2, 0.25) is 0 Å². The lowest BCUT2D eigenvalue weighted by Gasteiger charge is -2.15. The third kappa shape index (κ3) is 4.72. The lowest BCUT2D eigenvalue weighted by molar-refractivity contribution is 0.374. The van der Waals surface area contributed by atoms with Crippen molar-refractivity contribution in [3.8, 4) is 28.5 Å². The van der Waals surface area contributed by atoms with E-state index in [1.807, 2.05) is 11.4 Å². The number of aromatic amines is 1. The zero-order valence-electron chi connectivity index (χ0n) is 21.1. The van der Waals surface area contributed by atoms with Crippen LogP contribution in [0.5, 0.6) is 17.2 Å². The van der Waals surface area contributed by atoms with Crippen molar-refractivity contribution in [2.75, 3.05) is 31.4 Å². The number of benzene rings is 2. The van der Waals surface area contributed by atoms with E-state index in [2.05, 4.69) is 30.4 Å². The summed E-state index contributed by atoms with van der Waals surface area (Å²) in [4.78, 5) is 4.10. The highest BCUT2D eigenvalue weighted by molar-refractivity contribution is 7.93. The summed E-state index contributed by atoms with van der Waals surface area (Å²) in [6.07, 6.45) is 2.31. The summed E-state index contributed by atoms with van der Waals surface area (Å²) in [6, 6.07) is 8.46. The Hall–Kier alpha value is -4.30. The molecular weight excluding hydrogens is 544 g/mol. The Balaban J connectivity index is 1.34. The average Bonchev–Trinajstić information content (AvgIpc) is 3.29. The van der Waals surface area contributed by atoms with Crippen LogP contribution in [0.25, 0.3) is 22.2 Å². The van der Waals surface area contributed by atoms with E-state index < -0.39 is 10.0 Å². The molecule has 0 unspecified atom stereocenters. The van der Waals surface area contributed by atoms with Crippen LogP contribution in [-0.2, 0) is 10.0 Å². The number of fused-ring (bicyclic) bond motifs is 1. The maximum atomic E-state index is 13.6. The number of aromatic nitrogens is 4. The summed E-state index contributed by atoms with van der Waals surface area (Å²) in [6.45, 7) is 0. The van der Waals surface area contributed by atoms with E-state index >= 15 is 0 Å². The van der Waals surface area contributed by atoms with Crippen molar-refractivity contribution in [3.05, 3.63) is 46.9 Å². The highest BCUT2D eigenvalue weighted by atomic mass is 32.2. The molecule has 202 valence electrons. The van der Waals surface area contributed by atoms with Crippen molar-refractivity contribution >= 4 is 49.7 Å². The predicted octanol–water partition coefficient (Wildman–Crippen LogP) is 5.12. The molecule has 1 fully saturated rings. The number of ether oxygens (including phenoxy) is 3. The summed E-state index contributed by atoms with van der Waals surface area (Å²) < 4.78 is 51.6. The molecule has 0 amide bonds. The molecule has 0 bridgehead atoms. The first kappa shape index (κ1) is 25.0. The van der Waals surface area contributed by atoms with Crippen molar-refractivity contribution in [3.63, 3.8) is 0 Å². The Morgan fingerprint density at radius 3 is 2.41 bits per heavy atom. The van der Waals surface area contributed by atoms with Crippen LogP contribution in [0.4, 0.5) is 17.3 Å². The second kappa shape index (κ2) is 9.78. The number of hydrogen-bond acceptors (Lipinski definition) is 11. The second-order valence-electron chi connectivity index (χ2n) is 8.88. The largest absolute Gasteiger partial charge is 0.495 e. The Kier molecular flexibility index (Phi) is 6.27. The molecule has 0 aliphatic heterocycles. The molecule has 12 nitrogen and oxygen atoms in total. The molecular formula is C25H24N6O6S2. The van der Waals surface area contributed by atoms with Crippen LogP contribution in [0, 0.1) is 0 Å². The highest BCUT2D eigenvalue weighted by Gasteiger charge is 2.29. The van der Waals surface area contributed by atoms with Gasteiger partial charge in [0.25, 0.3) is 10.0 Å². The second-order valence-corrected chi connectivity index (χ2v) is 11.2. The van der Waals surface area contributed by atoms with Crippen LogP contribution in [0.15, 0.2) is 50.6 Å². The maximum Gasteiger partial charge on any atom is 0.270 e. The molecule has 3 heterocycles. The summed E-state index contributed by atoms with van der Waals surface area (Å²) in [5, 5.41) is 16.8. The van der Waals surface area contributed by atoms with Crippen molar-refractivity contribution in [1.82, 2.24) is 20.3 Å². The minimum atomic E-state index is -4.23. The molecule has 1 saturated carbocycles. The number of nitrogens with one attached hydrogen (secondary N) is 3. The van der Waals surface area contributed by atoms with Gasteiger partial charge in [0.1, 0.15) is 17.2 Å². The fraction of sp³-hybridized carbons (Fsp3) is 0.240. The molecule has 0 atom stereocenters. The number of hydrogen-bond donors (Lipinski definition) is 3. The van der Waals surface area contributed by atoms with E-state index in [1.165, 1.54) is 32.7 Å². The number of anilines is 3. The first-order valence-electron chi connectivity index (χ1n) is 11.9.